The molecule has 0 amide bonds. The quantitative estimate of drug-likeness (QED) is 0.0917. The van der Waals surface area contributed by atoms with Gasteiger partial charge in [-0.05, 0) is 145 Å². The van der Waals surface area contributed by atoms with Crippen LogP contribution in [-0.2, 0) is 36.4 Å². The number of hydrogen-bond donors (Lipinski definition) is 1. The molecule has 8 aromatic carbocycles. The molecule has 1 N–H and O–H groups in total. The largest absolute Gasteiger partial charge is 0.465 e. The second kappa shape index (κ2) is 25.9. The van der Waals surface area contributed by atoms with Crippen molar-refractivity contribution in [1.29, 1.82) is 21.0 Å². The van der Waals surface area contributed by atoms with Crippen LogP contribution in [0.4, 0.5) is 0 Å². The Balaban J connectivity index is 0.000000198. The molecule has 0 saturated heterocycles. The zero-order valence-corrected chi connectivity index (χ0v) is 44.6. The van der Waals surface area contributed by atoms with Crippen LogP contribution in [0.3, 0.4) is 0 Å². The van der Waals surface area contributed by atoms with E-state index in [-0.39, 0.29) is 26.2 Å². The molecule has 8 aromatic rings. The molecule has 0 unspecified atom stereocenters. The molecule has 0 aliphatic carbocycles. The summed E-state index contributed by atoms with van der Waals surface area (Å²) in [7, 11) is 1.01. The third kappa shape index (κ3) is 14.2. The summed E-state index contributed by atoms with van der Waals surface area (Å²) in [5, 5.41) is 53.2. The molecule has 0 heterocycles. The maximum absolute atomic E-state index is 12.2. The second-order valence-electron chi connectivity index (χ2n) is 14.3. The fourth-order valence-electron chi connectivity index (χ4n) is 6.63. The van der Waals surface area contributed by atoms with Gasteiger partial charge in [-0.2, -0.15) is 21.0 Å². The number of halogens is 5. The van der Waals surface area contributed by atoms with Crippen molar-refractivity contribution in [3.05, 3.63) is 184 Å². The van der Waals surface area contributed by atoms with E-state index in [4.69, 9.17) is 35.2 Å². The maximum atomic E-state index is 12.2. The van der Waals surface area contributed by atoms with Crippen LogP contribution in [0.2, 0.25) is 0 Å². The standard InChI is InChI=1S/C14H13BrNO3P.C13H8BrNO2.C12H7Br2N.C12H8BrNO.CH4/c1-18-20(17,19-2)9-11-5-12-4-3-10(8-16)6-13(12)14(15)7-11;1-17-13(16)10-5-9-3-2-8(7-15)4-11(9)12(14)6-10;13-6-9-3-10-2-1-8(7-15)4-11(10)12(14)5-9;13-12-5-9(7-15)3-10-2-1-8(6-14)4-11(10)12;/h3-7H,9H2,1-2H3;2-6H,1H3;1-5H,6H2;1-5,15H,7H2;1H4. The lowest BCUT2D eigenvalue weighted by Crippen LogP contribution is -2.01. The molecule has 0 spiro atoms. The van der Waals surface area contributed by atoms with Crippen LogP contribution < -0.4 is 0 Å². The Labute approximate surface area is 436 Å². The van der Waals surface area contributed by atoms with Crippen LogP contribution in [-0.4, -0.2) is 32.4 Å². The van der Waals surface area contributed by atoms with E-state index in [0.29, 0.717) is 27.8 Å². The molecule has 8 rings (SSSR count). The zero-order valence-electron chi connectivity index (χ0n) is 35.8. The number of fused-ring (bicyclic) bond motifs is 4. The molecule has 344 valence electrons. The van der Waals surface area contributed by atoms with E-state index < -0.39 is 7.60 Å². The number of nitrogens with zero attached hydrogens (tertiary/aromatic N) is 4. The highest BCUT2D eigenvalue weighted by molar-refractivity contribution is 9.11. The van der Waals surface area contributed by atoms with Crippen LogP contribution >= 0.6 is 87.2 Å². The van der Waals surface area contributed by atoms with Crippen molar-refractivity contribution >= 4 is 136 Å². The molecular weight excluding hydrogens is 1210 g/mol. The highest BCUT2D eigenvalue weighted by atomic mass is 79.9. The predicted octanol–water partition coefficient (Wildman–Crippen LogP) is 15.7. The Morgan fingerprint density at radius 3 is 1.22 bits per heavy atom. The first kappa shape index (κ1) is 55.3. The summed E-state index contributed by atoms with van der Waals surface area (Å²) in [4.78, 5) is 11.4. The van der Waals surface area contributed by atoms with E-state index in [2.05, 4.69) is 121 Å². The van der Waals surface area contributed by atoms with Gasteiger partial charge in [-0.15, -0.1) is 0 Å². The van der Waals surface area contributed by atoms with E-state index in [0.717, 1.165) is 77.4 Å². The van der Waals surface area contributed by atoms with Gasteiger partial charge in [0.25, 0.3) is 0 Å². The number of carbonyl (C=O) groups is 1. The number of carbonyl (C=O) groups excluding carboxylic acids is 1. The highest BCUT2D eigenvalue weighted by Gasteiger charge is 2.22. The average molecular weight is 1250 g/mol. The molecule has 10 nitrogen and oxygen atoms in total. The maximum Gasteiger partial charge on any atom is 0.337 e. The third-order valence-electron chi connectivity index (χ3n) is 10.0. The Morgan fingerprint density at radius 1 is 0.529 bits per heavy atom. The van der Waals surface area contributed by atoms with E-state index in [9.17, 15) is 9.36 Å². The summed E-state index contributed by atoms with van der Waals surface area (Å²) in [6, 6.07) is 45.6. The number of aliphatic hydroxyl groups excluding tert-OH is 1. The average Bonchev–Trinajstić information content (AvgIpc) is 3.36. The summed E-state index contributed by atoms with van der Waals surface area (Å²) in [5.74, 6) is -0.378. The number of ether oxygens (including phenoxy) is 1. The molecular formula is C52H40Br5N4O6P. The fourth-order valence-corrected chi connectivity index (χ4v) is 10.5. The number of esters is 1. The predicted molar refractivity (Wildman–Crippen MR) is 287 cm³/mol. The van der Waals surface area contributed by atoms with Crippen LogP contribution in [0.5, 0.6) is 0 Å². The van der Waals surface area contributed by atoms with Gasteiger partial charge in [0.05, 0.1) is 72.0 Å². The molecule has 0 aromatic heterocycles. The van der Waals surface area contributed by atoms with E-state index in [1.54, 1.807) is 36.4 Å². The first-order valence-electron chi connectivity index (χ1n) is 19.6. The summed E-state index contributed by atoms with van der Waals surface area (Å²) in [6.07, 6.45) is 0.203. The van der Waals surface area contributed by atoms with Crippen molar-refractivity contribution in [3.63, 3.8) is 0 Å². The lowest BCUT2D eigenvalue weighted by atomic mass is 10.0. The van der Waals surface area contributed by atoms with Gasteiger partial charge in [0.2, 0.25) is 0 Å². The van der Waals surface area contributed by atoms with E-state index >= 15 is 0 Å². The summed E-state index contributed by atoms with van der Waals surface area (Å²) >= 11 is 17.3. The zero-order chi connectivity index (χ0) is 48.8. The van der Waals surface area contributed by atoms with Crippen molar-refractivity contribution in [2.45, 2.75) is 25.5 Å². The van der Waals surface area contributed by atoms with Gasteiger partial charge in [-0.25, -0.2) is 4.79 Å². The first-order valence-corrected chi connectivity index (χ1v) is 25.6. The number of nitriles is 4. The Bertz CT molecular complexity index is 3280. The minimum Gasteiger partial charge on any atom is -0.465 e. The van der Waals surface area contributed by atoms with E-state index in [1.807, 2.05) is 72.8 Å². The van der Waals surface area contributed by atoms with Crippen molar-refractivity contribution in [2.24, 2.45) is 0 Å². The van der Waals surface area contributed by atoms with Crippen molar-refractivity contribution in [2.75, 3.05) is 21.3 Å². The lowest BCUT2D eigenvalue weighted by Gasteiger charge is -2.14. The van der Waals surface area contributed by atoms with Gasteiger partial charge < -0.3 is 18.9 Å². The van der Waals surface area contributed by atoms with Gasteiger partial charge >= 0.3 is 13.6 Å². The van der Waals surface area contributed by atoms with Crippen LogP contribution in [0.1, 0.15) is 56.7 Å². The number of rotatable bonds is 7. The van der Waals surface area contributed by atoms with Crippen LogP contribution in [0.25, 0.3) is 43.1 Å². The molecule has 0 saturated carbocycles. The Hall–Kier alpha value is -5.26. The van der Waals surface area contributed by atoms with Crippen molar-refractivity contribution < 1.29 is 28.3 Å². The molecule has 0 bridgehead atoms. The van der Waals surface area contributed by atoms with Gasteiger partial charge in [0.15, 0.2) is 0 Å². The van der Waals surface area contributed by atoms with Gasteiger partial charge in [-0.1, -0.05) is 123 Å². The van der Waals surface area contributed by atoms with Crippen molar-refractivity contribution in [1.82, 2.24) is 0 Å². The molecule has 0 atom stereocenters. The smallest absolute Gasteiger partial charge is 0.337 e. The molecule has 0 radical (unpaired) electrons. The van der Waals surface area contributed by atoms with E-state index in [1.165, 1.54) is 26.9 Å². The topological polar surface area (TPSA) is 177 Å². The Morgan fingerprint density at radius 2 is 0.868 bits per heavy atom. The number of methoxy groups -OCH3 is 1. The third-order valence-corrected chi connectivity index (χ3v) is 15.1. The minimum absolute atomic E-state index is 0. The normalized spacial score (nSPS) is 10.4. The SMILES string of the molecule is C.COC(=O)c1cc(Br)c2cc(C#N)ccc2c1.COP(=O)(Cc1cc(Br)c2cc(C#N)ccc2c1)OC.N#Cc1ccc2cc(CBr)cc(Br)c2c1.N#Cc1ccc2cc(CO)cc(Br)c2c1. The molecule has 16 heteroatoms. The van der Waals surface area contributed by atoms with Crippen LogP contribution in [0, 0.1) is 45.3 Å². The first-order chi connectivity index (χ1) is 32.1. The highest BCUT2D eigenvalue weighted by Crippen LogP contribution is 2.50. The number of hydrogen-bond acceptors (Lipinski definition) is 10. The molecule has 0 aliphatic heterocycles. The van der Waals surface area contributed by atoms with Gasteiger partial charge in [0.1, 0.15) is 0 Å². The monoisotopic (exact) mass is 1240 g/mol. The second-order valence-corrected chi connectivity index (χ2v) is 20.5. The summed E-state index contributed by atoms with van der Waals surface area (Å²) in [6.45, 7) is 0.0224. The van der Waals surface area contributed by atoms with Gasteiger partial charge in [-0.3, -0.25) is 4.57 Å². The minimum atomic E-state index is -3.09. The van der Waals surface area contributed by atoms with Crippen LogP contribution in [0.15, 0.2) is 139 Å². The number of aliphatic hydroxyl groups is 1. The fraction of sp³-hybridized carbons (Fsp3) is 0.135. The van der Waals surface area contributed by atoms with Crippen molar-refractivity contribution in [3.8, 4) is 24.3 Å². The Kier molecular flexibility index (Phi) is 21.1. The molecule has 68 heavy (non-hydrogen) atoms. The number of benzene rings is 8. The molecule has 0 aliphatic rings. The number of alkyl halides is 1. The summed E-state index contributed by atoms with van der Waals surface area (Å²) in [5.41, 5.74) is 5.93. The molecule has 0 fully saturated rings. The summed E-state index contributed by atoms with van der Waals surface area (Å²) < 4.78 is 30.3. The van der Waals surface area contributed by atoms with Gasteiger partial charge in [0, 0.05) is 37.4 Å². The lowest BCUT2D eigenvalue weighted by molar-refractivity contribution is 0.0600.